The zero-order valence-electron chi connectivity index (χ0n) is 14.2. The van der Waals surface area contributed by atoms with Gasteiger partial charge in [0.2, 0.25) is 5.89 Å². The van der Waals surface area contributed by atoms with E-state index in [0.717, 1.165) is 0 Å². The van der Waals surface area contributed by atoms with Crippen molar-refractivity contribution in [3.05, 3.63) is 59.3 Å². The van der Waals surface area contributed by atoms with Crippen molar-refractivity contribution in [2.24, 2.45) is 0 Å². The summed E-state index contributed by atoms with van der Waals surface area (Å²) in [5.74, 6) is -0.0746. The van der Waals surface area contributed by atoms with Crippen LogP contribution in [0.1, 0.15) is 21.2 Å². The lowest BCUT2D eigenvalue weighted by atomic mass is 10.2. The summed E-state index contributed by atoms with van der Waals surface area (Å²) in [7, 11) is 0. The van der Waals surface area contributed by atoms with Crippen LogP contribution >= 0.6 is 11.6 Å². The molecule has 3 aromatic rings. The van der Waals surface area contributed by atoms with Crippen LogP contribution in [0.3, 0.4) is 0 Å². The van der Waals surface area contributed by atoms with Gasteiger partial charge in [-0.05, 0) is 36.4 Å². The average Bonchev–Trinajstić information content (AvgIpc) is 3.40. The second-order valence-electron chi connectivity index (χ2n) is 5.98. The standard InChI is InChI=1S/C18H15ClN4O4/c19-13-5-3-12(4-6-13)15-20-21-16(27-15)18(25)23-9-7-22(8-10-23)17(24)14-2-1-11-26-14/h1-6,11H,7-10H2. The molecule has 8 nitrogen and oxygen atoms in total. The lowest BCUT2D eigenvalue weighted by molar-refractivity contribution is 0.0498. The molecule has 0 spiro atoms. The Morgan fingerprint density at radius 2 is 1.59 bits per heavy atom. The van der Waals surface area contributed by atoms with E-state index < -0.39 is 0 Å². The number of benzene rings is 1. The number of nitrogens with zero attached hydrogens (tertiary/aromatic N) is 4. The van der Waals surface area contributed by atoms with Crippen LogP contribution in [0, 0.1) is 0 Å². The second-order valence-corrected chi connectivity index (χ2v) is 6.42. The minimum atomic E-state index is -0.354. The van der Waals surface area contributed by atoms with E-state index in [9.17, 15) is 9.59 Å². The molecular weight excluding hydrogens is 372 g/mol. The quantitative estimate of drug-likeness (QED) is 0.686. The van der Waals surface area contributed by atoms with E-state index in [0.29, 0.717) is 42.5 Å². The summed E-state index contributed by atoms with van der Waals surface area (Å²) in [6.07, 6.45) is 1.46. The second kappa shape index (κ2) is 7.24. The molecule has 9 heteroatoms. The first kappa shape index (κ1) is 17.3. The van der Waals surface area contributed by atoms with Crippen LogP contribution in [-0.4, -0.2) is 58.0 Å². The van der Waals surface area contributed by atoms with E-state index in [1.807, 2.05) is 0 Å². The smallest absolute Gasteiger partial charge is 0.311 e. The molecule has 4 rings (SSSR count). The molecule has 138 valence electrons. The largest absolute Gasteiger partial charge is 0.459 e. The lowest BCUT2D eigenvalue weighted by Crippen LogP contribution is -2.50. The molecule has 27 heavy (non-hydrogen) atoms. The molecule has 1 saturated heterocycles. The van der Waals surface area contributed by atoms with E-state index in [1.54, 1.807) is 46.2 Å². The molecular formula is C18H15ClN4O4. The Labute approximate surface area is 159 Å². The Morgan fingerprint density at radius 3 is 2.22 bits per heavy atom. The Bertz CT molecular complexity index is 944. The van der Waals surface area contributed by atoms with Crippen LogP contribution in [0.2, 0.25) is 5.02 Å². The number of hydrogen-bond acceptors (Lipinski definition) is 6. The van der Waals surface area contributed by atoms with E-state index in [4.69, 9.17) is 20.4 Å². The number of carbonyl (C=O) groups is 2. The summed E-state index contributed by atoms with van der Waals surface area (Å²) in [6.45, 7) is 1.57. The molecule has 0 saturated carbocycles. The monoisotopic (exact) mass is 386 g/mol. The molecule has 0 aliphatic carbocycles. The predicted molar refractivity (Wildman–Crippen MR) is 95.3 cm³/mol. The SMILES string of the molecule is O=C(c1ccco1)N1CCN(C(=O)c2nnc(-c3ccc(Cl)cc3)o2)CC1. The van der Waals surface area contributed by atoms with Gasteiger partial charge in [-0.3, -0.25) is 9.59 Å². The van der Waals surface area contributed by atoms with E-state index >= 15 is 0 Å². The third-order valence-electron chi connectivity index (χ3n) is 4.29. The van der Waals surface area contributed by atoms with Crippen molar-refractivity contribution in [3.8, 4) is 11.5 Å². The molecule has 1 aromatic carbocycles. The van der Waals surface area contributed by atoms with Crippen molar-refractivity contribution in [1.82, 2.24) is 20.0 Å². The van der Waals surface area contributed by atoms with Crippen molar-refractivity contribution in [1.29, 1.82) is 0 Å². The average molecular weight is 387 g/mol. The van der Waals surface area contributed by atoms with Gasteiger partial charge in [-0.1, -0.05) is 11.6 Å². The van der Waals surface area contributed by atoms with Crippen LogP contribution < -0.4 is 0 Å². The van der Waals surface area contributed by atoms with Gasteiger partial charge in [-0.15, -0.1) is 10.2 Å². The Balaban J connectivity index is 1.40. The summed E-state index contributed by atoms with van der Waals surface area (Å²) in [5.41, 5.74) is 0.680. The molecule has 1 fully saturated rings. The van der Waals surface area contributed by atoms with Crippen LogP contribution in [0.25, 0.3) is 11.5 Å². The highest BCUT2D eigenvalue weighted by Gasteiger charge is 2.29. The van der Waals surface area contributed by atoms with Crippen molar-refractivity contribution in [2.45, 2.75) is 0 Å². The van der Waals surface area contributed by atoms with Gasteiger partial charge in [0.1, 0.15) is 0 Å². The van der Waals surface area contributed by atoms with Gasteiger partial charge in [0.25, 0.3) is 5.91 Å². The van der Waals surface area contributed by atoms with Gasteiger partial charge in [-0.25, -0.2) is 0 Å². The molecule has 3 heterocycles. The van der Waals surface area contributed by atoms with Gasteiger partial charge < -0.3 is 18.6 Å². The van der Waals surface area contributed by atoms with Gasteiger partial charge in [0.05, 0.1) is 6.26 Å². The van der Waals surface area contributed by atoms with Crippen molar-refractivity contribution < 1.29 is 18.4 Å². The molecule has 0 unspecified atom stereocenters. The van der Waals surface area contributed by atoms with Crippen molar-refractivity contribution in [3.63, 3.8) is 0 Å². The maximum Gasteiger partial charge on any atom is 0.311 e. The number of furan rings is 1. The number of rotatable bonds is 3. The lowest BCUT2D eigenvalue weighted by Gasteiger charge is -2.33. The van der Waals surface area contributed by atoms with Crippen molar-refractivity contribution >= 4 is 23.4 Å². The fourth-order valence-corrected chi connectivity index (χ4v) is 2.95. The third kappa shape index (κ3) is 3.56. The van der Waals surface area contributed by atoms with Crippen LogP contribution in [-0.2, 0) is 0 Å². The Hall–Kier alpha value is -3.13. The Kier molecular flexibility index (Phi) is 4.64. The molecule has 0 bridgehead atoms. The molecule has 2 aromatic heterocycles. The van der Waals surface area contributed by atoms with E-state index in [2.05, 4.69) is 10.2 Å². The van der Waals surface area contributed by atoms with E-state index in [-0.39, 0.29) is 23.6 Å². The maximum atomic E-state index is 12.6. The minimum absolute atomic E-state index is 0.0780. The molecule has 0 radical (unpaired) electrons. The fourth-order valence-electron chi connectivity index (χ4n) is 2.82. The molecule has 2 amide bonds. The normalized spacial score (nSPS) is 14.4. The van der Waals surface area contributed by atoms with Crippen molar-refractivity contribution in [2.75, 3.05) is 26.2 Å². The van der Waals surface area contributed by atoms with Gasteiger partial charge in [0.15, 0.2) is 5.76 Å². The highest BCUT2D eigenvalue weighted by Crippen LogP contribution is 2.21. The number of piperazine rings is 1. The zero-order chi connectivity index (χ0) is 18.8. The third-order valence-corrected chi connectivity index (χ3v) is 4.54. The van der Waals surface area contributed by atoms with Gasteiger partial charge in [-0.2, -0.15) is 0 Å². The van der Waals surface area contributed by atoms with E-state index in [1.165, 1.54) is 6.26 Å². The zero-order valence-corrected chi connectivity index (χ0v) is 14.9. The molecule has 0 atom stereocenters. The summed E-state index contributed by atoms with van der Waals surface area (Å²) in [5, 5.41) is 8.37. The highest BCUT2D eigenvalue weighted by molar-refractivity contribution is 6.30. The summed E-state index contributed by atoms with van der Waals surface area (Å²) < 4.78 is 10.6. The summed E-state index contributed by atoms with van der Waals surface area (Å²) >= 11 is 5.86. The molecule has 1 aliphatic heterocycles. The predicted octanol–water partition coefficient (Wildman–Crippen LogP) is 2.58. The van der Waals surface area contributed by atoms with Crippen LogP contribution in [0.4, 0.5) is 0 Å². The maximum absolute atomic E-state index is 12.6. The number of hydrogen-bond donors (Lipinski definition) is 0. The first-order valence-corrected chi connectivity index (χ1v) is 8.71. The fraction of sp³-hybridized carbons (Fsp3) is 0.222. The Morgan fingerprint density at radius 1 is 0.926 bits per heavy atom. The first-order chi connectivity index (χ1) is 13.1. The summed E-state index contributed by atoms with van der Waals surface area (Å²) in [6, 6.07) is 10.2. The number of aromatic nitrogens is 2. The minimum Gasteiger partial charge on any atom is -0.459 e. The molecule has 0 N–H and O–H groups in total. The first-order valence-electron chi connectivity index (χ1n) is 8.33. The number of halogens is 1. The van der Waals surface area contributed by atoms with Crippen LogP contribution in [0.15, 0.2) is 51.5 Å². The number of amides is 2. The van der Waals surface area contributed by atoms with Gasteiger partial charge in [0, 0.05) is 36.8 Å². The number of carbonyl (C=O) groups excluding carboxylic acids is 2. The molecule has 1 aliphatic rings. The highest BCUT2D eigenvalue weighted by atomic mass is 35.5. The topological polar surface area (TPSA) is 92.7 Å². The summed E-state index contributed by atoms with van der Waals surface area (Å²) in [4.78, 5) is 28.1. The van der Waals surface area contributed by atoms with Gasteiger partial charge >= 0.3 is 11.8 Å². The van der Waals surface area contributed by atoms with Crippen LogP contribution in [0.5, 0.6) is 0 Å².